The molecule has 5 aromatic rings. The van der Waals surface area contributed by atoms with Gasteiger partial charge in [0.25, 0.3) is 0 Å². The zero-order chi connectivity index (χ0) is 26.1. The number of hydrogen-bond acceptors (Lipinski definition) is 4. The summed E-state index contributed by atoms with van der Waals surface area (Å²) in [6.45, 7) is 1.43. The van der Waals surface area contributed by atoms with E-state index in [1.165, 1.54) is 18.2 Å². The smallest absolute Gasteiger partial charge is 0.214 e. The van der Waals surface area contributed by atoms with Crippen LogP contribution in [0.25, 0.3) is 22.3 Å². The first kappa shape index (κ1) is 24.5. The molecule has 6 rings (SSSR count). The van der Waals surface area contributed by atoms with Crippen molar-refractivity contribution in [1.29, 1.82) is 0 Å². The monoisotopic (exact) mass is 531 g/mol. The van der Waals surface area contributed by atoms with Gasteiger partial charge in [-0.25, -0.2) is 18.7 Å². The van der Waals surface area contributed by atoms with E-state index >= 15 is 4.39 Å². The molecule has 38 heavy (non-hydrogen) atoms. The van der Waals surface area contributed by atoms with Gasteiger partial charge < -0.3 is 14.0 Å². The van der Waals surface area contributed by atoms with E-state index in [0.717, 1.165) is 42.0 Å². The van der Waals surface area contributed by atoms with E-state index in [-0.39, 0.29) is 29.2 Å². The third-order valence-electron chi connectivity index (χ3n) is 6.73. The Labute approximate surface area is 223 Å². The molecule has 2 aromatic heterocycles. The molecular formula is C30H24ClF2N3O2. The summed E-state index contributed by atoms with van der Waals surface area (Å²) in [6.07, 6.45) is 1.69. The van der Waals surface area contributed by atoms with Crippen molar-refractivity contribution in [2.45, 2.75) is 32.1 Å². The van der Waals surface area contributed by atoms with Gasteiger partial charge in [0.2, 0.25) is 5.88 Å². The molecule has 1 atom stereocenters. The van der Waals surface area contributed by atoms with Crippen molar-refractivity contribution < 1.29 is 18.3 Å². The van der Waals surface area contributed by atoms with Crippen LogP contribution < -0.4 is 4.74 Å². The lowest BCUT2D eigenvalue weighted by atomic mass is 10.1. The van der Waals surface area contributed by atoms with Crippen LogP contribution in [0.5, 0.6) is 5.88 Å². The third-order valence-corrected chi connectivity index (χ3v) is 7.09. The number of halogens is 3. The van der Waals surface area contributed by atoms with E-state index in [1.807, 2.05) is 24.3 Å². The first-order valence-electron chi connectivity index (χ1n) is 12.4. The van der Waals surface area contributed by atoms with Gasteiger partial charge in [-0.15, -0.1) is 0 Å². The minimum absolute atomic E-state index is 0.0870. The average molecular weight is 532 g/mol. The van der Waals surface area contributed by atoms with Gasteiger partial charge in [-0.1, -0.05) is 41.9 Å². The van der Waals surface area contributed by atoms with Crippen molar-refractivity contribution in [3.8, 4) is 17.1 Å². The van der Waals surface area contributed by atoms with Crippen LogP contribution in [-0.4, -0.2) is 27.2 Å². The highest BCUT2D eigenvalue weighted by molar-refractivity contribution is 6.31. The van der Waals surface area contributed by atoms with Crippen LogP contribution in [0.4, 0.5) is 8.78 Å². The van der Waals surface area contributed by atoms with Crippen molar-refractivity contribution in [3.63, 3.8) is 0 Å². The fraction of sp³-hybridized carbons (Fsp3) is 0.200. The molecule has 0 saturated carbocycles. The Kier molecular flexibility index (Phi) is 6.79. The Hall–Kier alpha value is -3.81. The largest absolute Gasteiger partial charge is 0.473 e. The van der Waals surface area contributed by atoms with Gasteiger partial charge >= 0.3 is 0 Å². The first-order valence-corrected chi connectivity index (χ1v) is 12.8. The van der Waals surface area contributed by atoms with Crippen LogP contribution in [0.15, 0.2) is 78.9 Å². The van der Waals surface area contributed by atoms with Crippen molar-refractivity contribution in [1.82, 2.24) is 14.5 Å². The Balaban J connectivity index is 1.22. The Morgan fingerprint density at radius 3 is 2.58 bits per heavy atom. The lowest BCUT2D eigenvalue weighted by Crippen LogP contribution is -2.31. The molecule has 0 bridgehead atoms. The number of rotatable bonds is 8. The minimum Gasteiger partial charge on any atom is -0.473 e. The molecule has 3 aromatic carbocycles. The molecule has 8 heteroatoms. The predicted octanol–water partition coefficient (Wildman–Crippen LogP) is 6.99. The Morgan fingerprint density at radius 2 is 1.79 bits per heavy atom. The number of imidazole rings is 1. The van der Waals surface area contributed by atoms with Gasteiger partial charge in [0, 0.05) is 30.2 Å². The highest BCUT2D eigenvalue weighted by Crippen LogP contribution is 2.27. The van der Waals surface area contributed by atoms with Crippen LogP contribution in [0.2, 0.25) is 5.02 Å². The average Bonchev–Trinajstić information content (AvgIpc) is 3.23. The topological polar surface area (TPSA) is 49.2 Å². The number of fused-ring (bicyclic) bond motifs is 1. The summed E-state index contributed by atoms with van der Waals surface area (Å²) in [7, 11) is 0. The van der Waals surface area contributed by atoms with Crippen molar-refractivity contribution in [2.24, 2.45) is 0 Å². The Morgan fingerprint density at radius 1 is 0.947 bits per heavy atom. The van der Waals surface area contributed by atoms with Crippen LogP contribution in [-0.2, 0) is 24.3 Å². The molecule has 0 amide bonds. The summed E-state index contributed by atoms with van der Waals surface area (Å²) < 4.78 is 42.9. The second-order valence-corrected chi connectivity index (χ2v) is 9.66. The zero-order valence-electron chi connectivity index (χ0n) is 20.4. The van der Waals surface area contributed by atoms with Crippen LogP contribution >= 0.6 is 11.6 Å². The molecule has 1 aliphatic heterocycles. The lowest BCUT2D eigenvalue weighted by molar-refractivity contribution is -0.0589. The van der Waals surface area contributed by atoms with Gasteiger partial charge in [0.15, 0.2) is 0 Å². The summed E-state index contributed by atoms with van der Waals surface area (Å²) in [4.78, 5) is 9.24. The number of ether oxygens (including phenoxy) is 2. The number of benzene rings is 3. The maximum atomic E-state index is 15.3. The molecule has 0 N–H and O–H groups in total. The molecule has 1 fully saturated rings. The van der Waals surface area contributed by atoms with Crippen LogP contribution in [0.3, 0.4) is 0 Å². The van der Waals surface area contributed by atoms with Crippen molar-refractivity contribution >= 4 is 22.6 Å². The van der Waals surface area contributed by atoms with E-state index in [2.05, 4.69) is 15.6 Å². The van der Waals surface area contributed by atoms with Gasteiger partial charge in [-0.3, -0.25) is 0 Å². The number of hydrogen-bond donors (Lipinski definition) is 0. The highest BCUT2D eigenvalue weighted by Gasteiger charge is 2.22. The molecule has 1 saturated heterocycles. The van der Waals surface area contributed by atoms with Gasteiger partial charge in [0.1, 0.15) is 24.1 Å². The first-order chi connectivity index (χ1) is 18.5. The summed E-state index contributed by atoms with van der Waals surface area (Å²) >= 11 is 6.08. The van der Waals surface area contributed by atoms with Gasteiger partial charge in [-0.05, 0) is 54.4 Å². The fourth-order valence-corrected chi connectivity index (χ4v) is 4.83. The number of pyridine rings is 1. The van der Waals surface area contributed by atoms with Crippen LogP contribution in [0.1, 0.15) is 23.4 Å². The standard InChI is InChI=1S/C30H24ClF2N3O2/c31-23-5-3-6-24(32)22(23)18-38-30-10-4-8-26(35-30)21-12-11-19(15-25(21)33)16-29-34-27-7-1-2-9-28(27)36(29)17-20-13-14-37-20/h1-12,15,20H,13-14,16-18H2/t20-/m0/s1. The number of nitrogens with zero attached hydrogens (tertiary/aromatic N) is 3. The molecule has 0 unspecified atom stereocenters. The summed E-state index contributed by atoms with van der Waals surface area (Å²) in [5, 5.41) is 0.275. The fourth-order valence-electron chi connectivity index (χ4n) is 4.62. The summed E-state index contributed by atoms with van der Waals surface area (Å²) in [5.74, 6) is 0.268. The van der Waals surface area contributed by atoms with Crippen LogP contribution in [0, 0.1) is 11.6 Å². The van der Waals surface area contributed by atoms with Crippen molar-refractivity contribution in [2.75, 3.05) is 6.61 Å². The molecule has 0 aliphatic carbocycles. The molecule has 1 aliphatic rings. The normalized spacial score (nSPS) is 15.0. The maximum absolute atomic E-state index is 15.3. The predicted molar refractivity (Wildman–Crippen MR) is 142 cm³/mol. The second-order valence-electron chi connectivity index (χ2n) is 9.25. The summed E-state index contributed by atoms with van der Waals surface area (Å²) in [6, 6.07) is 22.6. The molecular weight excluding hydrogens is 508 g/mol. The zero-order valence-corrected chi connectivity index (χ0v) is 21.2. The van der Waals surface area contributed by atoms with Gasteiger partial charge in [0.05, 0.1) is 34.4 Å². The molecule has 0 spiro atoms. The van der Waals surface area contributed by atoms with E-state index in [9.17, 15) is 4.39 Å². The SMILES string of the molecule is Fc1cc(Cc2nc3ccccc3n2C[C@@H]2CCO2)ccc1-c1cccc(OCc2c(F)cccc2Cl)n1. The van der Waals surface area contributed by atoms with E-state index < -0.39 is 11.6 Å². The molecule has 192 valence electrons. The maximum Gasteiger partial charge on any atom is 0.214 e. The van der Waals surface area contributed by atoms with Crippen molar-refractivity contribution in [3.05, 3.63) is 112 Å². The summed E-state index contributed by atoms with van der Waals surface area (Å²) in [5.41, 5.74) is 3.77. The third kappa shape index (κ3) is 4.99. The molecule has 0 radical (unpaired) electrons. The van der Waals surface area contributed by atoms with E-state index in [0.29, 0.717) is 17.7 Å². The molecule has 3 heterocycles. The second kappa shape index (κ2) is 10.5. The molecule has 5 nitrogen and oxygen atoms in total. The number of para-hydroxylation sites is 2. The minimum atomic E-state index is -0.455. The lowest BCUT2D eigenvalue weighted by Gasteiger charge is -2.27. The van der Waals surface area contributed by atoms with E-state index in [4.69, 9.17) is 26.1 Å². The number of aromatic nitrogens is 3. The quantitative estimate of drug-likeness (QED) is 0.216. The van der Waals surface area contributed by atoms with E-state index in [1.54, 1.807) is 30.3 Å². The van der Waals surface area contributed by atoms with Gasteiger partial charge in [-0.2, -0.15) is 0 Å². The Bertz CT molecular complexity index is 1600. The highest BCUT2D eigenvalue weighted by atomic mass is 35.5.